The molecule has 1 nitrogen and oxygen atoms in total. The van der Waals surface area contributed by atoms with Gasteiger partial charge in [-0.25, -0.2) is 0 Å². The lowest BCUT2D eigenvalue weighted by molar-refractivity contribution is 0.259. The molecule has 96 valence electrons. The van der Waals surface area contributed by atoms with Crippen molar-refractivity contribution in [2.75, 3.05) is 0 Å². The molecule has 0 heterocycles. The predicted molar refractivity (Wildman–Crippen MR) is 72.8 cm³/mol. The van der Waals surface area contributed by atoms with Gasteiger partial charge in [0.05, 0.1) is 0 Å². The monoisotopic (exact) mass is 225 g/mol. The third kappa shape index (κ3) is 4.86. The van der Waals surface area contributed by atoms with Crippen LogP contribution in [0.3, 0.4) is 0 Å². The van der Waals surface area contributed by atoms with Crippen LogP contribution in [0.5, 0.6) is 0 Å². The van der Waals surface area contributed by atoms with Gasteiger partial charge in [-0.3, -0.25) is 0 Å². The van der Waals surface area contributed by atoms with Gasteiger partial charge in [0.2, 0.25) is 0 Å². The van der Waals surface area contributed by atoms with Gasteiger partial charge in [0.1, 0.15) is 0 Å². The molecule has 0 saturated heterocycles. The lowest BCUT2D eigenvalue weighted by atomic mass is 9.84. The summed E-state index contributed by atoms with van der Waals surface area (Å²) in [6, 6.07) is 1.61. The van der Waals surface area contributed by atoms with Crippen LogP contribution in [0.25, 0.3) is 0 Å². The van der Waals surface area contributed by atoms with Crippen molar-refractivity contribution >= 4 is 0 Å². The second-order valence-electron chi connectivity index (χ2n) is 5.57. The Labute approximate surface area is 102 Å². The second-order valence-corrected chi connectivity index (χ2v) is 5.57. The van der Waals surface area contributed by atoms with Crippen LogP contribution < -0.4 is 5.32 Å². The van der Waals surface area contributed by atoms with Crippen molar-refractivity contribution in [3.8, 4) is 0 Å². The maximum absolute atomic E-state index is 3.90. The molecule has 0 aliphatic heterocycles. The van der Waals surface area contributed by atoms with Crippen LogP contribution in [0.15, 0.2) is 0 Å². The van der Waals surface area contributed by atoms with Crippen molar-refractivity contribution in [2.24, 2.45) is 5.92 Å². The molecule has 0 aromatic carbocycles. The van der Waals surface area contributed by atoms with E-state index in [1.807, 2.05) is 0 Å². The smallest absolute Gasteiger partial charge is 0.00698 e. The Kier molecular flexibility index (Phi) is 7.11. The van der Waals surface area contributed by atoms with E-state index in [0.29, 0.717) is 0 Å². The summed E-state index contributed by atoms with van der Waals surface area (Å²) in [7, 11) is 0. The van der Waals surface area contributed by atoms with Crippen molar-refractivity contribution in [3.05, 3.63) is 0 Å². The summed E-state index contributed by atoms with van der Waals surface area (Å²) in [4.78, 5) is 0. The first kappa shape index (κ1) is 14.0. The van der Waals surface area contributed by atoms with E-state index >= 15 is 0 Å². The fraction of sp³-hybridized carbons (Fsp3) is 1.00. The first-order valence-corrected chi connectivity index (χ1v) is 7.56. The summed E-state index contributed by atoms with van der Waals surface area (Å²) in [6.45, 7) is 6.95. The molecule has 0 aromatic heterocycles. The van der Waals surface area contributed by atoms with Gasteiger partial charge in [0, 0.05) is 12.1 Å². The van der Waals surface area contributed by atoms with Gasteiger partial charge < -0.3 is 5.32 Å². The van der Waals surface area contributed by atoms with Gasteiger partial charge in [-0.1, -0.05) is 40.0 Å². The van der Waals surface area contributed by atoms with Crippen molar-refractivity contribution < 1.29 is 0 Å². The molecule has 1 aliphatic rings. The summed E-state index contributed by atoms with van der Waals surface area (Å²) in [5.41, 5.74) is 0. The fourth-order valence-electron chi connectivity index (χ4n) is 3.08. The lowest BCUT2D eigenvalue weighted by Crippen LogP contribution is -2.40. The van der Waals surface area contributed by atoms with Crippen molar-refractivity contribution in [3.63, 3.8) is 0 Å². The summed E-state index contributed by atoms with van der Waals surface area (Å²) in [6.07, 6.45) is 12.5. The van der Waals surface area contributed by atoms with Gasteiger partial charge in [-0.15, -0.1) is 0 Å². The van der Waals surface area contributed by atoms with Gasteiger partial charge in [-0.2, -0.15) is 0 Å². The highest BCUT2D eigenvalue weighted by atomic mass is 14.9. The Balaban J connectivity index is 2.24. The Bertz CT molecular complexity index is 153. The van der Waals surface area contributed by atoms with Crippen molar-refractivity contribution in [2.45, 2.75) is 90.6 Å². The lowest BCUT2D eigenvalue weighted by Gasteiger charge is -2.32. The molecule has 1 aliphatic carbocycles. The Morgan fingerprint density at radius 2 is 1.50 bits per heavy atom. The largest absolute Gasteiger partial charge is 0.311 e. The Morgan fingerprint density at radius 1 is 0.938 bits per heavy atom. The normalized spacial score (nSPS) is 26.2. The van der Waals surface area contributed by atoms with E-state index in [1.54, 1.807) is 0 Å². The molecule has 1 fully saturated rings. The Morgan fingerprint density at radius 3 is 1.94 bits per heavy atom. The van der Waals surface area contributed by atoms with Crippen molar-refractivity contribution in [1.29, 1.82) is 0 Å². The first-order valence-electron chi connectivity index (χ1n) is 7.56. The van der Waals surface area contributed by atoms with Gasteiger partial charge in [-0.05, 0) is 44.4 Å². The van der Waals surface area contributed by atoms with E-state index in [2.05, 4.69) is 26.1 Å². The highest BCUT2D eigenvalue weighted by molar-refractivity contribution is 4.80. The standard InChI is InChI=1S/C15H31N/c1-4-7-14(8-5-2)16-15-11-9-13(6-3)10-12-15/h13-16H,4-12H2,1-3H3. The van der Waals surface area contributed by atoms with Gasteiger partial charge in [0.15, 0.2) is 0 Å². The van der Waals surface area contributed by atoms with Crippen LogP contribution in [0, 0.1) is 5.92 Å². The molecule has 1 rings (SSSR count). The zero-order valence-corrected chi connectivity index (χ0v) is 11.6. The molecule has 16 heavy (non-hydrogen) atoms. The topological polar surface area (TPSA) is 12.0 Å². The molecular formula is C15H31N. The minimum Gasteiger partial charge on any atom is -0.311 e. The summed E-state index contributed by atoms with van der Waals surface area (Å²) in [5.74, 6) is 1.02. The molecule has 0 radical (unpaired) electrons. The molecular weight excluding hydrogens is 194 g/mol. The summed E-state index contributed by atoms with van der Waals surface area (Å²) < 4.78 is 0. The highest BCUT2D eigenvalue weighted by Gasteiger charge is 2.21. The Hall–Kier alpha value is -0.0400. The first-order chi connectivity index (χ1) is 7.80. The maximum atomic E-state index is 3.90. The molecule has 0 spiro atoms. The van der Waals surface area contributed by atoms with E-state index in [-0.39, 0.29) is 0 Å². The number of nitrogens with one attached hydrogen (secondary N) is 1. The zero-order chi connectivity index (χ0) is 11.8. The molecule has 1 saturated carbocycles. The van der Waals surface area contributed by atoms with E-state index in [9.17, 15) is 0 Å². The zero-order valence-electron chi connectivity index (χ0n) is 11.6. The van der Waals surface area contributed by atoms with Crippen LogP contribution in [0.1, 0.15) is 78.6 Å². The fourth-order valence-corrected chi connectivity index (χ4v) is 3.08. The molecule has 0 atom stereocenters. The SMILES string of the molecule is CCCC(CCC)NC1CCC(CC)CC1. The van der Waals surface area contributed by atoms with E-state index in [4.69, 9.17) is 0 Å². The maximum Gasteiger partial charge on any atom is 0.00698 e. The highest BCUT2D eigenvalue weighted by Crippen LogP contribution is 2.27. The van der Waals surface area contributed by atoms with Crippen LogP contribution >= 0.6 is 0 Å². The van der Waals surface area contributed by atoms with Crippen LogP contribution in [-0.4, -0.2) is 12.1 Å². The predicted octanol–water partition coefficient (Wildman–Crippen LogP) is 4.51. The molecule has 0 amide bonds. The molecule has 0 unspecified atom stereocenters. The second kappa shape index (κ2) is 8.11. The number of hydrogen-bond acceptors (Lipinski definition) is 1. The van der Waals surface area contributed by atoms with E-state index < -0.39 is 0 Å². The quantitative estimate of drug-likeness (QED) is 0.672. The molecule has 0 bridgehead atoms. The molecule has 1 heteroatoms. The number of rotatable bonds is 7. The summed E-state index contributed by atoms with van der Waals surface area (Å²) in [5, 5.41) is 3.90. The minimum atomic E-state index is 0.790. The van der Waals surface area contributed by atoms with Gasteiger partial charge in [0.25, 0.3) is 0 Å². The average molecular weight is 225 g/mol. The molecule has 0 aromatic rings. The van der Waals surface area contributed by atoms with Crippen LogP contribution in [0.4, 0.5) is 0 Å². The van der Waals surface area contributed by atoms with Gasteiger partial charge >= 0.3 is 0 Å². The van der Waals surface area contributed by atoms with Crippen molar-refractivity contribution in [1.82, 2.24) is 5.32 Å². The van der Waals surface area contributed by atoms with Crippen LogP contribution in [0.2, 0.25) is 0 Å². The third-order valence-electron chi connectivity index (χ3n) is 4.17. The van der Waals surface area contributed by atoms with E-state index in [0.717, 1.165) is 18.0 Å². The minimum absolute atomic E-state index is 0.790. The number of hydrogen-bond donors (Lipinski definition) is 1. The third-order valence-corrected chi connectivity index (χ3v) is 4.17. The van der Waals surface area contributed by atoms with Crippen LogP contribution in [-0.2, 0) is 0 Å². The summed E-state index contributed by atoms with van der Waals surface area (Å²) >= 11 is 0. The van der Waals surface area contributed by atoms with E-state index in [1.165, 1.54) is 57.8 Å². The molecule has 1 N–H and O–H groups in total. The average Bonchev–Trinajstić information content (AvgIpc) is 2.31.